The molecule has 2 rings (SSSR count). The number of nitrogens with two attached hydrogens (primary N) is 1. The van der Waals surface area contributed by atoms with Gasteiger partial charge in [-0.2, -0.15) is 0 Å². The van der Waals surface area contributed by atoms with Gasteiger partial charge in [0.25, 0.3) is 0 Å². The number of benzene rings is 1. The van der Waals surface area contributed by atoms with E-state index in [-0.39, 0.29) is 12.4 Å². The Hall–Kier alpha value is -1.92. The van der Waals surface area contributed by atoms with Crippen LogP contribution in [-0.2, 0) is 0 Å². The fraction of sp³-hybridized carbons (Fsp3) is 0.167. The van der Waals surface area contributed by atoms with Gasteiger partial charge in [0, 0.05) is 18.3 Å². The van der Waals surface area contributed by atoms with Gasteiger partial charge in [-0.1, -0.05) is 0 Å². The first-order valence-electron chi connectivity index (χ1n) is 5.28. The van der Waals surface area contributed by atoms with Crippen LogP contribution in [0.5, 0.6) is 0 Å². The van der Waals surface area contributed by atoms with Crippen molar-refractivity contribution in [2.75, 3.05) is 6.54 Å². The largest absolute Gasteiger partial charge is 0.384 e. The molecule has 6 heteroatoms. The first-order chi connectivity index (χ1) is 8.61. The molecule has 1 heterocycles. The van der Waals surface area contributed by atoms with Crippen LogP contribution >= 0.6 is 0 Å². The second kappa shape index (κ2) is 5.16. The molecule has 0 saturated heterocycles. The topological polar surface area (TPSA) is 72.0 Å². The van der Waals surface area contributed by atoms with Crippen LogP contribution in [0.3, 0.4) is 0 Å². The van der Waals surface area contributed by atoms with Crippen LogP contribution in [0, 0.1) is 11.6 Å². The number of aliphatic hydroxyl groups is 1. The zero-order valence-electron chi connectivity index (χ0n) is 9.35. The minimum Gasteiger partial charge on any atom is -0.384 e. The van der Waals surface area contributed by atoms with Gasteiger partial charge in [-0.15, -0.1) is 0 Å². The summed E-state index contributed by atoms with van der Waals surface area (Å²) in [7, 11) is 0. The molecule has 1 atom stereocenters. The van der Waals surface area contributed by atoms with E-state index in [0.29, 0.717) is 11.3 Å². The molecule has 2 aromatic rings. The molecule has 0 radical (unpaired) electrons. The number of hydrogen-bond donors (Lipinski definition) is 2. The van der Waals surface area contributed by atoms with E-state index in [1.165, 1.54) is 12.3 Å². The highest BCUT2D eigenvalue weighted by molar-refractivity contribution is 5.58. The average Bonchev–Trinajstić information content (AvgIpc) is 2.41. The van der Waals surface area contributed by atoms with Gasteiger partial charge in [-0.05, 0) is 24.3 Å². The summed E-state index contributed by atoms with van der Waals surface area (Å²) in [5, 5.41) is 9.52. The summed E-state index contributed by atoms with van der Waals surface area (Å²) in [5.74, 6) is -1.72. The van der Waals surface area contributed by atoms with Gasteiger partial charge >= 0.3 is 0 Å². The Morgan fingerprint density at radius 1 is 1.22 bits per heavy atom. The molecule has 0 amide bonds. The maximum atomic E-state index is 13.1. The molecule has 0 saturated carbocycles. The van der Waals surface area contributed by atoms with Crippen LogP contribution in [0.2, 0.25) is 0 Å². The molecule has 0 bridgehead atoms. The lowest BCUT2D eigenvalue weighted by Crippen LogP contribution is -2.14. The summed E-state index contributed by atoms with van der Waals surface area (Å²) < 4.78 is 25.9. The van der Waals surface area contributed by atoms with Crippen molar-refractivity contribution in [3.05, 3.63) is 47.9 Å². The minimum atomic E-state index is -0.977. The van der Waals surface area contributed by atoms with Crippen molar-refractivity contribution in [2.45, 2.75) is 6.10 Å². The molecular weight excluding hydrogens is 240 g/mol. The lowest BCUT2D eigenvalue weighted by molar-refractivity contribution is 0.176. The minimum absolute atomic E-state index is 0.0127. The fourth-order valence-corrected chi connectivity index (χ4v) is 1.46. The predicted molar refractivity (Wildman–Crippen MR) is 61.4 cm³/mol. The van der Waals surface area contributed by atoms with Gasteiger partial charge in [-0.3, -0.25) is 0 Å². The number of halogens is 2. The molecular formula is C12H11F2N3O. The lowest BCUT2D eigenvalue weighted by atomic mass is 10.1. The molecule has 0 aliphatic carbocycles. The van der Waals surface area contributed by atoms with E-state index in [4.69, 9.17) is 5.73 Å². The van der Waals surface area contributed by atoms with Crippen LogP contribution in [-0.4, -0.2) is 21.6 Å². The third-order valence-corrected chi connectivity index (χ3v) is 2.41. The summed E-state index contributed by atoms with van der Waals surface area (Å²) in [4.78, 5) is 7.92. The number of rotatable bonds is 3. The standard InChI is InChI=1S/C12H11F2N3O/c13-8-2-1-7(5-9(8)14)10-3-4-16-12(17-10)11(18)6-15/h1-5,11,18H,6,15H2. The Morgan fingerprint density at radius 2 is 2.00 bits per heavy atom. The lowest BCUT2D eigenvalue weighted by Gasteiger charge is -2.08. The van der Waals surface area contributed by atoms with Gasteiger partial charge < -0.3 is 10.8 Å². The smallest absolute Gasteiger partial charge is 0.159 e. The van der Waals surface area contributed by atoms with E-state index in [2.05, 4.69) is 9.97 Å². The molecule has 1 aromatic heterocycles. The molecule has 0 aliphatic rings. The molecule has 18 heavy (non-hydrogen) atoms. The van der Waals surface area contributed by atoms with Gasteiger partial charge in [0.1, 0.15) is 6.10 Å². The summed E-state index contributed by atoms with van der Waals surface area (Å²) in [6, 6.07) is 5.00. The van der Waals surface area contributed by atoms with Crippen molar-refractivity contribution in [3.8, 4) is 11.3 Å². The molecule has 3 N–H and O–H groups in total. The second-order valence-electron chi connectivity index (χ2n) is 3.68. The zero-order valence-corrected chi connectivity index (χ0v) is 9.35. The Morgan fingerprint density at radius 3 is 2.67 bits per heavy atom. The van der Waals surface area contributed by atoms with Crippen molar-refractivity contribution < 1.29 is 13.9 Å². The second-order valence-corrected chi connectivity index (χ2v) is 3.68. The number of aromatic nitrogens is 2. The van der Waals surface area contributed by atoms with E-state index in [1.54, 1.807) is 6.07 Å². The zero-order chi connectivity index (χ0) is 13.1. The highest BCUT2D eigenvalue weighted by Crippen LogP contribution is 2.20. The summed E-state index contributed by atoms with van der Waals surface area (Å²) in [6.45, 7) is -0.0127. The Bertz CT molecular complexity index is 563. The summed E-state index contributed by atoms with van der Waals surface area (Å²) in [5.41, 5.74) is 6.10. The molecule has 94 valence electrons. The molecule has 4 nitrogen and oxygen atoms in total. The number of hydrogen-bond acceptors (Lipinski definition) is 4. The number of nitrogens with zero attached hydrogens (tertiary/aromatic N) is 2. The first kappa shape index (κ1) is 12.5. The van der Waals surface area contributed by atoms with Crippen LogP contribution in [0.15, 0.2) is 30.5 Å². The third kappa shape index (κ3) is 2.49. The molecule has 0 aliphatic heterocycles. The van der Waals surface area contributed by atoms with Crippen molar-refractivity contribution in [1.29, 1.82) is 0 Å². The Kier molecular flexibility index (Phi) is 3.59. The Balaban J connectivity index is 2.41. The van der Waals surface area contributed by atoms with E-state index in [9.17, 15) is 13.9 Å². The van der Waals surface area contributed by atoms with E-state index in [1.807, 2.05) is 0 Å². The van der Waals surface area contributed by atoms with E-state index in [0.717, 1.165) is 12.1 Å². The van der Waals surface area contributed by atoms with Crippen molar-refractivity contribution in [1.82, 2.24) is 9.97 Å². The normalized spacial score (nSPS) is 12.4. The van der Waals surface area contributed by atoms with Crippen LogP contribution in [0.25, 0.3) is 11.3 Å². The molecule has 0 spiro atoms. The molecule has 1 unspecified atom stereocenters. The van der Waals surface area contributed by atoms with Crippen molar-refractivity contribution in [2.24, 2.45) is 5.73 Å². The highest BCUT2D eigenvalue weighted by Gasteiger charge is 2.11. The Labute approximate surface area is 102 Å². The maximum Gasteiger partial charge on any atom is 0.159 e. The first-order valence-corrected chi connectivity index (χ1v) is 5.28. The van der Waals surface area contributed by atoms with Gasteiger partial charge in [0.15, 0.2) is 17.5 Å². The van der Waals surface area contributed by atoms with Gasteiger partial charge in [0.05, 0.1) is 5.69 Å². The monoisotopic (exact) mass is 251 g/mol. The van der Waals surface area contributed by atoms with Crippen LogP contribution < -0.4 is 5.73 Å². The van der Waals surface area contributed by atoms with E-state index < -0.39 is 17.7 Å². The van der Waals surface area contributed by atoms with Gasteiger partial charge in [-0.25, -0.2) is 18.7 Å². The SMILES string of the molecule is NCC(O)c1nccc(-c2ccc(F)c(F)c2)n1. The van der Waals surface area contributed by atoms with E-state index >= 15 is 0 Å². The fourth-order valence-electron chi connectivity index (χ4n) is 1.46. The molecule has 0 fully saturated rings. The third-order valence-electron chi connectivity index (χ3n) is 2.41. The number of aliphatic hydroxyl groups excluding tert-OH is 1. The van der Waals surface area contributed by atoms with Crippen LogP contribution in [0.1, 0.15) is 11.9 Å². The predicted octanol–water partition coefficient (Wildman–Crippen LogP) is 1.41. The summed E-state index contributed by atoms with van der Waals surface area (Å²) in [6.07, 6.45) is 0.452. The average molecular weight is 251 g/mol. The summed E-state index contributed by atoms with van der Waals surface area (Å²) >= 11 is 0. The highest BCUT2D eigenvalue weighted by atomic mass is 19.2. The van der Waals surface area contributed by atoms with Crippen molar-refractivity contribution in [3.63, 3.8) is 0 Å². The van der Waals surface area contributed by atoms with Crippen molar-refractivity contribution >= 4 is 0 Å². The quantitative estimate of drug-likeness (QED) is 0.865. The maximum absolute atomic E-state index is 13.1. The molecule has 1 aromatic carbocycles. The van der Waals surface area contributed by atoms with Crippen LogP contribution in [0.4, 0.5) is 8.78 Å². The van der Waals surface area contributed by atoms with Gasteiger partial charge in [0.2, 0.25) is 0 Å².